The molecule has 28 heavy (non-hydrogen) atoms. The SMILES string of the molecule is Cc1c(CN2CCc3nc(C4CC4)ncc3C2)c(=O)n(-c2ccccc2)n1C. The van der Waals surface area contributed by atoms with Crippen molar-refractivity contribution in [2.24, 2.45) is 7.05 Å². The first-order valence-corrected chi connectivity index (χ1v) is 10.0. The molecule has 6 nitrogen and oxygen atoms in total. The highest BCUT2D eigenvalue weighted by atomic mass is 16.1. The second-order valence-electron chi connectivity index (χ2n) is 7.98. The zero-order valence-electron chi connectivity index (χ0n) is 16.4. The topological polar surface area (TPSA) is 56.0 Å². The first-order valence-electron chi connectivity index (χ1n) is 10.0. The van der Waals surface area contributed by atoms with Crippen molar-refractivity contribution in [3.05, 3.63) is 75.2 Å². The van der Waals surface area contributed by atoms with E-state index in [4.69, 9.17) is 4.98 Å². The Balaban J connectivity index is 1.40. The molecule has 2 aromatic heterocycles. The number of benzene rings is 1. The van der Waals surface area contributed by atoms with E-state index in [9.17, 15) is 4.79 Å². The summed E-state index contributed by atoms with van der Waals surface area (Å²) < 4.78 is 3.71. The van der Waals surface area contributed by atoms with Crippen LogP contribution in [0.5, 0.6) is 0 Å². The van der Waals surface area contributed by atoms with E-state index >= 15 is 0 Å². The Hall–Kier alpha value is -2.73. The molecule has 144 valence electrons. The second kappa shape index (κ2) is 6.71. The zero-order valence-corrected chi connectivity index (χ0v) is 16.4. The van der Waals surface area contributed by atoms with Gasteiger partial charge in [0, 0.05) is 62.2 Å². The minimum absolute atomic E-state index is 0.0670. The summed E-state index contributed by atoms with van der Waals surface area (Å²) in [5.74, 6) is 1.61. The third-order valence-corrected chi connectivity index (χ3v) is 6.03. The summed E-state index contributed by atoms with van der Waals surface area (Å²) in [7, 11) is 1.95. The average Bonchev–Trinajstić information content (AvgIpc) is 3.54. The molecule has 0 atom stereocenters. The Kier molecular flexibility index (Phi) is 4.16. The van der Waals surface area contributed by atoms with Crippen LogP contribution in [0.15, 0.2) is 41.3 Å². The van der Waals surface area contributed by atoms with E-state index in [1.54, 1.807) is 4.68 Å². The van der Waals surface area contributed by atoms with Crippen LogP contribution < -0.4 is 5.56 Å². The van der Waals surface area contributed by atoms with E-state index in [-0.39, 0.29) is 5.56 Å². The molecule has 1 saturated carbocycles. The van der Waals surface area contributed by atoms with Gasteiger partial charge in [-0.3, -0.25) is 14.4 Å². The summed E-state index contributed by atoms with van der Waals surface area (Å²) in [6.07, 6.45) is 5.39. The normalized spacial score (nSPS) is 16.9. The molecule has 5 rings (SSSR count). The van der Waals surface area contributed by atoms with Gasteiger partial charge in [-0.25, -0.2) is 14.6 Å². The van der Waals surface area contributed by atoms with Gasteiger partial charge in [-0.15, -0.1) is 0 Å². The van der Waals surface area contributed by atoms with Crippen molar-refractivity contribution in [1.82, 2.24) is 24.2 Å². The van der Waals surface area contributed by atoms with Crippen LogP contribution in [0.2, 0.25) is 0 Å². The van der Waals surface area contributed by atoms with Crippen molar-refractivity contribution in [2.45, 2.75) is 45.2 Å². The highest BCUT2D eigenvalue weighted by Crippen LogP contribution is 2.38. The molecule has 1 fully saturated rings. The van der Waals surface area contributed by atoms with Crippen LogP contribution in [0.1, 0.15) is 47.1 Å². The van der Waals surface area contributed by atoms with Gasteiger partial charge in [-0.1, -0.05) is 18.2 Å². The number of para-hydroxylation sites is 1. The fraction of sp³-hybridized carbons (Fsp3) is 0.409. The largest absolute Gasteiger partial charge is 0.294 e. The maximum atomic E-state index is 13.1. The summed E-state index contributed by atoms with van der Waals surface area (Å²) in [6.45, 7) is 4.41. The van der Waals surface area contributed by atoms with E-state index in [0.29, 0.717) is 12.5 Å². The third kappa shape index (κ3) is 2.98. The molecule has 0 unspecified atom stereocenters. The van der Waals surface area contributed by atoms with Crippen molar-refractivity contribution in [3.63, 3.8) is 0 Å². The maximum Gasteiger partial charge on any atom is 0.276 e. The Labute approximate surface area is 164 Å². The van der Waals surface area contributed by atoms with Crippen molar-refractivity contribution in [3.8, 4) is 5.69 Å². The van der Waals surface area contributed by atoms with E-state index in [1.165, 1.54) is 24.1 Å². The molecule has 0 amide bonds. The van der Waals surface area contributed by atoms with Crippen molar-refractivity contribution in [1.29, 1.82) is 0 Å². The van der Waals surface area contributed by atoms with Gasteiger partial charge in [0.2, 0.25) is 0 Å². The lowest BCUT2D eigenvalue weighted by Crippen LogP contribution is -2.33. The molecule has 1 aliphatic heterocycles. The molecule has 0 radical (unpaired) electrons. The molecule has 0 N–H and O–H groups in total. The smallest absolute Gasteiger partial charge is 0.276 e. The van der Waals surface area contributed by atoms with Gasteiger partial charge in [0.25, 0.3) is 5.56 Å². The summed E-state index contributed by atoms with van der Waals surface area (Å²) >= 11 is 0. The fourth-order valence-corrected chi connectivity index (χ4v) is 4.09. The predicted molar refractivity (Wildman–Crippen MR) is 108 cm³/mol. The molecule has 6 heteroatoms. The summed E-state index contributed by atoms with van der Waals surface area (Å²) in [5.41, 5.74) is 5.24. The van der Waals surface area contributed by atoms with Gasteiger partial charge in [-0.05, 0) is 31.9 Å². The van der Waals surface area contributed by atoms with E-state index in [1.807, 2.05) is 55.2 Å². The molecule has 3 aromatic rings. The van der Waals surface area contributed by atoms with Crippen molar-refractivity contribution >= 4 is 0 Å². The third-order valence-electron chi connectivity index (χ3n) is 6.03. The molecule has 1 aromatic carbocycles. The number of nitrogens with zero attached hydrogens (tertiary/aromatic N) is 5. The van der Waals surface area contributed by atoms with Crippen LogP contribution in [-0.2, 0) is 26.6 Å². The second-order valence-corrected chi connectivity index (χ2v) is 7.98. The fourth-order valence-electron chi connectivity index (χ4n) is 4.09. The van der Waals surface area contributed by atoms with E-state index in [2.05, 4.69) is 9.88 Å². The van der Waals surface area contributed by atoms with Gasteiger partial charge < -0.3 is 0 Å². The lowest BCUT2D eigenvalue weighted by atomic mass is 10.1. The van der Waals surface area contributed by atoms with Crippen LogP contribution in [0.3, 0.4) is 0 Å². The highest BCUT2D eigenvalue weighted by Gasteiger charge is 2.28. The molecular weight excluding hydrogens is 350 g/mol. The number of hydrogen-bond acceptors (Lipinski definition) is 4. The van der Waals surface area contributed by atoms with Gasteiger partial charge in [0.15, 0.2) is 0 Å². The van der Waals surface area contributed by atoms with Crippen molar-refractivity contribution in [2.75, 3.05) is 6.54 Å². The average molecular weight is 375 g/mol. The predicted octanol–water partition coefficient (Wildman–Crippen LogP) is 2.71. The minimum atomic E-state index is 0.0670. The Morgan fingerprint density at radius 1 is 1.18 bits per heavy atom. The molecule has 0 saturated heterocycles. The van der Waals surface area contributed by atoms with Crippen LogP contribution >= 0.6 is 0 Å². The maximum absolute atomic E-state index is 13.1. The Bertz CT molecular complexity index is 1080. The van der Waals surface area contributed by atoms with Crippen molar-refractivity contribution < 1.29 is 0 Å². The first-order chi connectivity index (χ1) is 13.6. The zero-order chi connectivity index (χ0) is 19.3. The Morgan fingerprint density at radius 2 is 1.96 bits per heavy atom. The molecule has 0 spiro atoms. The Morgan fingerprint density at radius 3 is 2.71 bits per heavy atom. The van der Waals surface area contributed by atoms with Crippen LogP contribution in [0.25, 0.3) is 5.69 Å². The molecule has 3 heterocycles. The summed E-state index contributed by atoms with van der Waals surface area (Å²) in [5, 5.41) is 0. The molecule has 2 aliphatic rings. The van der Waals surface area contributed by atoms with E-state index < -0.39 is 0 Å². The number of hydrogen-bond donors (Lipinski definition) is 0. The number of rotatable bonds is 4. The standard InChI is InChI=1S/C22H25N5O/c1-15-19(22(28)27(25(15)2)18-6-4-3-5-7-18)14-26-11-10-20-17(13-26)12-23-21(24-20)16-8-9-16/h3-7,12,16H,8-11,13-14H2,1-2H3. The molecule has 0 bridgehead atoms. The van der Waals surface area contributed by atoms with Gasteiger partial charge in [0.1, 0.15) is 5.82 Å². The number of fused-ring (bicyclic) bond motifs is 1. The van der Waals surface area contributed by atoms with Gasteiger partial charge in [-0.2, -0.15) is 0 Å². The highest BCUT2D eigenvalue weighted by molar-refractivity contribution is 5.33. The first kappa shape index (κ1) is 17.4. The van der Waals surface area contributed by atoms with E-state index in [0.717, 1.165) is 42.3 Å². The van der Waals surface area contributed by atoms with Gasteiger partial charge >= 0.3 is 0 Å². The lowest BCUT2D eigenvalue weighted by molar-refractivity contribution is 0.241. The molecular formula is C22H25N5O. The van der Waals surface area contributed by atoms with Crippen LogP contribution in [-0.4, -0.2) is 30.8 Å². The summed E-state index contributed by atoms with van der Waals surface area (Å²) in [4.78, 5) is 24.9. The molecule has 1 aliphatic carbocycles. The summed E-state index contributed by atoms with van der Waals surface area (Å²) in [6, 6.07) is 9.82. The quantitative estimate of drug-likeness (QED) is 0.704. The van der Waals surface area contributed by atoms with Crippen LogP contribution in [0, 0.1) is 6.92 Å². The minimum Gasteiger partial charge on any atom is -0.294 e. The van der Waals surface area contributed by atoms with Gasteiger partial charge in [0.05, 0.1) is 11.3 Å². The van der Waals surface area contributed by atoms with Crippen LogP contribution in [0.4, 0.5) is 0 Å². The lowest BCUT2D eigenvalue weighted by Gasteiger charge is -2.27. The monoisotopic (exact) mass is 375 g/mol. The number of aromatic nitrogens is 4.